The van der Waals surface area contributed by atoms with E-state index in [0.717, 1.165) is 6.42 Å². The molecule has 1 aromatic carbocycles. The smallest absolute Gasteiger partial charge is 0.316 e. The van der Waals surface area contributed by atoms with E-state index in [0.29, 0.717) is 12.0 Å². The maximum Gasteiger partial charge on any atom is 0.316 e. The number of esters is 2. The summed E-state index contributed by atoms with van der Waals surface area (Å²) >= 11 is 0. The van der Waals surface area contributed by atoms with Crippen LogP contribution in [0.15, 0.2) is 18.2 Å². The molecule has 1 unspecified atom stereocenters. The first kappa shape index (κ1) is 21.2. The van der Waals surface area contributed by atoms with E-state index in [9.17, 15) is 14.7 Å². The summed E-state index contributed by atoms with van der Waals surface area (Å²) in [5.41, 5.74) is -0.774. The van der Waals surface area contributed by atoms with Gasteiger partial charge in [-0.25, -0.2) is 0 Å². The van der Waals surface area contributed by atoms with Crippen molar-refractivity contribution in [2.24, 2.45) is 10.8 Å². The second-order valence-electron chi connectivity index (χ2n) is 8.29. The fourth-order valence-corrected chi connectivity index (χ4v) is 1.84. The third-order valence-corrected chi connectivity index (χ3v) is 3.54. The lowest BCUT2D eigenvalue weighted by Crippen LogP contribution is -2.28. The van der Waals surface area contributed by atoms with Crippen LogP contribution in [0.4, 0.5) is 0 Å². The Morgan fingerprint density at radius 3 is 1.88 bits per heavy atom. The van der Waals surface area contributed by atoms with Crippen LogP contribution in [0.5, 0.6) is 11.5 Å². The SMILES string of the molecule is CCCC(O)c1ccc(OC(=O)C(C)(C)C)c(OC(=O)C(C)(C)C)c1. The maximum atomic E-state index is 12.3. The van der Waals surface area contributed by atoms with Gasteiger partial charge in [-0.3, -0.25) is 9.59 Å². The largest absolute Gasteiger partial charge is 0.422 e. The molecule has 5 heteroatoms. The van der Waals surface area contributed by atoms with E-state index in [-0.39, 0.29) is 11.5 Å². The fraction of sp³-hybridized carbons (Fsp3) is 0.600. The minimum absolute atomic E-state index is 0.144. The molecular weight excluding hydrogens is 320 g/mol. The number of hydrogen-bond acceptors (Lipinski definition) is 5. The van der Waals surface area contributed by atoms with Crippen LogP contribution >= 0.6 is 0 Å². The van der Waals surface area contributed by atoms with Crippen molar-refractivity contribution in [3.05, 3.63) is 23.8 Å². The number of carbonyl (C=O) groups is 2. The molecule has 1 rings (SSSR count). The van der Waals surface area contributed by atoms with Gasteiger partial charge in [0.1, 0.15) is 0 Å². The minimum atomic E-state index is -0.705. The fourth-order valence-electron chi connectivity index (χ4n) is 1.84. The maximum absolute atomic E-state index is 12.3. The second kappa shape index (κ2) is 8.00. The number of aliphatic hydroxyl groups is 1. The van der Waals surface area contributed by atoms with Crippen molar-refractivity contribution in [2.45, 2.75) is 67.4 Å². The molecule has 1 aromatic rings. The normalized spacial score (nSPS) is 13.3. The van der Waals surface area contributed by atoms with Crippen molar-refractivity contribution in [1.29, 1.82) is 0 Å². The van der Waals surface area contributed by atoms with Crippen LogP contribution in [-0.4, -0.2) is 17.0 Å². The van der Waals surface area contributed by atoms with E-state index < -0.39 is 28.9 Å². The highest BCUT2D eigenvalue weighted by atomic mass is 16.6. The molecule has 0 amide bonds. The Labute approximate surface area is 150 Å². The highest BCUT2D eigenvalue weighted by Crippen LogP contribution is 2.34. The second-order valence-corrected chi connectivity index (χ2v) is 8.29. The van der Waals surface area contributed by atoms with E-state index in [1.54, 1.807) is 59.7 Å². The van der Waals surface area contributed by atoms with E-state index in [4.69, 9.17) is 9.47 Å². The summed E-state index contributed by atoms with van der Waals surface area (Å²) in [7, 11) is 0. The summed E-state index contributed by atoms with van der Waals surface area (Å²) in [6.45, 7) is 12.4. The van der Waals surface area contributed by atoms with E-state index in [1.807, 2.05) is 6.92 Å². The molecule has 0 saturated carbocycles. The minimum Gasteiger partial charge on any atom is -0.422 e. The Hall–Kier alpha value is -1.88. The summed E-state index contributed by atoms with van der Waals surface area (Å²) in [6.07, 6.45) is 0.747. The predicted octanol–water partition coefficient (Wildman–Crippen LogP) is 4.42. The lowest BCUT2D eigenvalue weighted by Gasteiger charge is -2.21. The molecular formula is C20H30O5. The zero-order valence-electron chi connectivity index (χ0n) is 16.3. The van der Waals surface area contributed by atoms with Gasteiger partial charge in [0, 0.05) is 0 Å². The third kappa shape index (κ3) is 6.16. The van der Waals surface area contributed by atoms with Crippen LogP contribution in [0.25, 0.3) is 0 Å². The number of benzene rings is 1. The summed E-state index contributed by atoms with van der Waals surface area (Å²) in [4.78, 5) is 24.4. The van der Waals surface area contributed by atoms with Crippen LogP contribution < -0.4 is 9.47 Å². The first-order valence-electron chi connectivity index (χ1n) is 8.63. The van der Waals surface area contributed by atoms with Gasteiger partial charge >= 0.3 is 11.9 Å². The lowest BCUT2D eigenvalue weighted by molar-refractivity contribution is -0.145. The standard InChI is InChI=1S/C20H30O5/c1-8-9-14(21)13-10-11-15(24-17(22)19(2,3)4)16(12-13)25-18(23)20(5,6)7/h10-12,14,21H,8-9H2,1-7H3. The Bertz CT molecular complexity index is 620. The molecule has 1 N–H and O–H groups in total. The molecule has 0 aromatic heterocycles. The van der Waals surface area contributed by atoms with Crippen molar-refractivity contribution in [3.63, 3.8) is 0 Å². The Morgan fingerprint density at radius 1 is 0.960 bits per heavy atom. The molecule has 0 saturated heterocycles. The average molecular weight is 350 g/mol. The van der Waals surface area contributed by atoms with Crippen molar-refractivity contribution in [2.75, 3.05) is 0 Å². The van der Waals surface area contributed by atoms with Gasteiger partial charge in [-0.05, 0) is 65.7 Å². The number of rotatable bonds is 5. The zero-order chi connectivity index (χ0) is 19.4. The van der Waals surface area contributed by atoms with E-state index in [1.165, 1.54) is 0 Å². The monoisotopic (exact) mass is 350 g/mol. The summed E-state index contributed by atoms with van der Waals surface area (Å²) in [5.74, 6) is -0.555. The number of aliphatic hydroxyl groups excluding tert-OH is 1. The molecule has 5 nitrogen and oxygen atoms in total. The van der Waals surface area contributed by atoms with Gasteiger partial charge in [0.15, 0.2) is 11.5 Å². The molecule has 0 aliphatic heterocycles. The van der Waals surface area contributed by atoms with Crippen molar-refractivity contribution in [3.8, 4) is 11.5 Å². The molecule has 1 atom stereocenters. The van der Waals surface area contributed by atoms with Gasteiger partial charge in [0.25, 0.3) is 0 Å². The van der Waals surface area contributed by atoms with Gasteiger partial charge in [-0.2, -0.15) is 0 Å². The topological polar surface area (TPSA) is 72.8 Å². The van der Waals surface area contributed by atoms with Gasteiger partial charge in [-0.15, -0.1) is 0 Å². The Balaban J connectivity index is 3.22. The number of carbonyl (C=O) groups excluding carboxylic acids is 2. The summed E-state index contributed by atoms with van der Waals surface area (Å²) in [5, 5.41) is 10.2. The molecule has 0 bridgehead atoms. The molecule has 0 aliphatic carbocycles. The molecule has 0 aliphatic rings. The first-order chi connectivity index (χ1) is 11.4. The van der Waals surface area contributed by atoms with Gasteiger partial charge < -0.3 is 14.6 Å². The Morgan fingerprint density at radius 2 is 1.44 bits per heavy atom. The number of ether oxygens (including phenoxy) is 2. The van der Waals surface area contributed by atoms with Crippen LogP contribution in [0.2, 0.25) is 0 Å². The summed E-state index contributed by atoms with van der Waals surface area (Å²) < 4.78 is 10.9. The third-order valence-electron chi connectivity index (χ3n) is 3.54. The summed E-state index contributed by atoms with van der Waals surface area (Å²) in [6, 6.07) is 4.80. The Kier molecular flexibility index (Phi) is 6.77. The van der Waals surface area contributed by atoms with Crippen molar-refractivity contribution >= 4 is 11.9 Å². The molecule has 140 valence electrons. The van der Waals surface area contributed by atoms with E-state index >= 15 is 0 Å². The van der Waals surface area contributed by atoms with Crippen LogP contribution in [0.3, 0.4) is 0 Å². The highest BCUT2D eigenvalue weighted by Gasteiger charge is 2.28. The number of hydrogen-bond donors (Lipinski definition) is 1. The molecule has 0 fully saturated rings. The molecule has 0 heterocycles. The zero-order valence-corrected chi connectivity index (χ0v) is 16.3. The first-order valence-corrected chi connectivity index (χ1v) is 8.63. The van der Waals surface area contributed by atoms with Gasteiger partial charge in [-0.1, -0.05) is 19.4 Å². The quantitative estimate of drug-likeness (QED) is 0.628. The van der Waals surface area contributed by atoms with Crippen LogP contribution in [-0.2, 0) is 9.59 Å². The van der Waals surface area contributed by atoms with Crippen LogP contribution in [0.1, 0.15) is 73.0 Å². The van der Waals surface area contributed by atoms with Gasteiger partial charge in [0.05, 0.1) is 16.9 Å². The molecule has 25 heavy (non-hydrogen) atoms. The van der Waals surface area contributed by atoms with E-state index in [2.05, 4.69) is 0 Å². The highest BCUT2D eigenvalue weighted by molar-refractivity contribution is 5.81. The lowest BCUT2D eigenvalue weighted by atomic mass is 9.97. The van der Waals surface area contributed by atoms with Crippen molar-refractivity contribution < 1.29 is 24.2 Å². The predicted molar refractivity (Wildman–Crippen MR) is 96.5 cm³/mol. The van der Waals surface area contributed by atoms with Crippen molar-refractivity contribution in [1.82, 2.24) is 0 Å². The molecule has 0 spiro atoms. The van der Waals surface area contributed by atoms with Crippen LogP contribution in [0, 0.1) is 10.8 Å². The molecule has 0 radical (unpaired) electrons. The average Bonchev–Trinajstić information content (AvgIpc) is 2.47. The van der Waals surface area contributed by atoms with Gasteiger partial charge in [0.2, 0.25) is 0 Å².